The van der Waals surface area contributed by atoms with E-state index in [-0.39, 0.29) is 16.9 Å². The van der Waals surface area contributed by atoms with Gasteiger partial charge in [-0.25, -0.2) is 0 Å². The predicted octanol–water partition coefficient (Wildman–Crippen LogP) is 5.33. The number of hydrogen-bond acceptors (Lipinski definition) is 4. The van der Waals surface area contributed by atoms with Crippen LogP contribution in [0, 0.1) is 5.39 Å². The summed E-state index contributed by atoms with van der Waals surface area (Å²) in [5.74, 6) is -0.315. The molecular formula is C17H19N2O2S+. The van der Waals surface area contributed by atoms with Gasteiger partial charge in [0.25, 0.3) is 0 Å². The molecule has 2 aromatic carbocycles. The van der Waals surface area contributed by atoms with Crippen molar-refractivity contribution in [1.29, 1.82) is 5.39 Å². The minimum Gasteiger partial charge on any atom is -0.475 e. The summed E-state index contributed by atoms with van der Waals surface area (Å²) in [6, 6.07) is 14.3. The summed E-state index contributed by atoms with van der Waals surface area (Å²) >= 11 is 1.54. The topological polar surface area (TPSA) is 57.6 Å². The molecule has 114 valence electrons. The van der Waals surface area contributed by atoms with Crippen molar-refractivity contribution in [3.63, 3.8) is 0 Å². The van der Waals surface area contributed by atoms with Crippen LogP contribution in [0.2, 0.25) is 0 Å². The van der Waals surface area contributed by atoms with Crippen LogP contribution in [0.4, 0.5) is 0 Å². The first kappa shape index (κ1) is 16.2. The second-order valence-electron chi connectivity index (χ2n) is 4.75. The Kier molecular flexibility index (Phi) is 5.68. The van der Waals surface area contributed by atoms with Crippen molar-refractivity contribution in [2.45, 2.75) is 30.4 Å². The second kappa shape index (κ2) is 7.71. The van der Waals surface area contributed by atoms with Gasteiger partial charge in [-0.2, -0.15) is 0 Å². The minimum atomic E-state index is -0.315. The van der Waals surface area contributed by atoms with Crippen LogP contribution in [0.3, 0.4) is 0 Å². The number of aliphatic hydroxyl groups excluding tert-OH is 1. The summed E-state index contributed by atoms with van der Waals surface area (Å²) in [7, 11) is 0. The van der Waals surface area contributed by atoms with E-state index in [0.717, 1.165) is 10.3 Å². The van der Waals surface area contributed by atoms with Crippen molar-refractivity contribution in [3.8, 4) is 0 Å². The van der Waals surface area contributed by atoms with Gasteiger partial charge in [0, 0.05) is 4.90 Å². The van der Waals surface area contributed by atoms with E-state index >= 15 is 0 Å². The zero-order valence-corrected chi connectivity index (χ0v) is 13.5. The Hall–Kier alpha value is -2.19. The molecule has 0 aliphatic rings. The van der Waals surface area contributed by atoms with Crippen molar-refractivity contribution < 1.29 is 9.84 Å². The van der Waals surface area contributed by atoms with Gasteiger partial charge < -0.3 is 9.84 Å². The molecule has 22 heavy (non-hydrogen) atoms. The number of rotatable bonds is 6. The lowest BCUT2D eigenvalue weighted by Gasteiger charge is -2.09. The van der Waals surface area contributed by atoms with Gasteiger partial charge in [0.05, 0.1) is 6.61 Å². The van der Waals surface area contributed by atoms with E-state index in [2.05, 4.69) is 29.2 Å². The quantitative estimate of drug-likeness (QED) is 0.445. The highest BCUT2D eigenvalue weighted by molar-refractivity contribution is 8.00. The fourth-order valence-corrected chi connectivity index (χ4v) is 3.29. The third-order valence-corrected chi connectivity index (χ3v) is 4.65. The molecule has 0 fully saturated rings. The van der Waals surface area contributed by atoms with E-state index < -0.39 is 0 Å². The lowest BCUT2D eigenvalue weighted by Crippen LogP contribution is -2.07. The van der Waals surface area contributed by atoms with E-state index in [9.17, 15) is 10.5 Å². The zero-order valence-electron chi connectivity index (χ0n) is 12.7. The van der Waals surface area contributed by atoms with Crippen LogP contribution in [0.25, 0.3) is 15.7 Å². The lowest BCUT2D eigenvalue weighted by atomic mass is 10.1. The molecule has 2 aromatic rings. The first-order valence-corrected chi connectivity index (χ1v) is 8.14. The Morgan fingerprint density at radius 3 is 2.59 bits per heavy atom. The molecule has 0 aliphatic heterocycles. The third kappa shape index (κ3) is 3.71. The van der Waals surface area contributed by atoms with Crippen LogP contribution in [0.15, 0.2) is 59.0 Å². The Balaban J connectivity index is 2.28. The van der Waals surface area contributed by atoms with Gasteiger partial charge in [-0.3, -0.25) is 0 Å². The zero-order chi connectivity index (χ0) is 15.9. The van der Waals surface area contributed by atoms with Gasteiger partial charge >= 0.3 is 11.6 Å². The van der Waals surface area contributed by atoms with Gasteiger partial charge in [-0.05, 0) is 36.2 Å². The molecule has 0 amide bonds. The molecule has 1 N–H and O–H groups in total. The highest BCUT2D eigenvalue weighted by Crippen LogP contribution is 2.33. The molecule has 0 saturated carbocycles. The van der Waals surface area contributed by atoms with E-state index in [1.165, 1.54) is 17.1 Å². The Morgan fingerprint density at radius 1 is 1.23 bits per heavy atom. The van der Waals surface area contributed by atoms with Gasteiger partial charge in [-0.1, -0.05) is 37.3 Å². The maximum atomic E-state index is 9.85. The number of benzene rings is 2. The number of diazo groups is 1. The average molecular weight is 315 g/mol. The van der Waals surface area contributed by atoms with Crippen LogP contribution in [0.5, 0.6) is 0 Å². The predicted molar refractivity (Wildman–Crippen MR) is 90.2 cm³/mol. The van der Waals surface area contributed by atoms with Gasteiger partial charge in [-0.15, -0.1) is 11.8 Å². The normalized spacial score (nSPS) is 13.3. The largest absolute Gasteiger partial charge is 0.475 e. The number of aliphatic hydroxyl groups is 1. The highest BCUT2D eigenvalue weighted by Gasteiger charge is 2.32. The summed E-state index contributed by atoms with van der Waals surface area (Å²) < 4.78 is 5.05. The Morgan fingerprint density at radius 2 is 1.95 bits per heavy atom. The van der Waals surface area contributed by atoms with Crippen LogP contribution in [-0.2, 0) is 4.74 Å². The molecule has 0 bridgehead atoms. The van der Waals surface area contributed by atoms with Crippen LogP contribution in [0.1, 0.15) is 20.3 Å². The molecule has 0 aliphatic carbocycles. The first-order valence-electron chi connectivity index (χ1n) is 7.26. The van der Waals surface area contributed by atoms with Crippen LogP contribution < -0.4 is 0 Å². The lowest BCUT2D eigenvalue weighted by molar-refractivity contribution is 0.0981. The third-order valence-electron chi connectivity index (χ3n) is 3.28. The van der Waals surface area contributed by atoms with E-state index in [0.29, 0.717) is 13.0 Å². The van der Waals surface area contributed by atoms with Crippen molar-refractivity contribution in [1.82, 2.24) is 0 Å². The fraction of sp³-hybridized carbons (Fsp3) is 0.294. The Labute approximate surface area is 134 Å². The van der Waals surface area contributed by atoms with E-state index in [1.54, 1.807) is 6.92 Å². The van der Waals surface area contributed by atoms with Gasteiger partial charge in [0.2, 0.25) is 5.39 Å². The summed E-state index contributed by atoms with van der Waals surface area (Å²) in [6.45, 7) is 4.06. The smallest absolute Gasteiger partial charge is 0.453 e. The van der Waals surface area contributed by atoms with Crippen LogP contribution in [-0.4, -0.2) is 17.0 Å². The number of ether oxygens (including phenoxy) is 1. The fourth-order valence-electron chi connectivity index (χ4n) is 2.19. The Bertz CT molecular complexity index is 722. The molecule has 0 heterocycles. The summed E-state index contributed by atoms with van der Waals surface area (Å²) in [4.78, 5) is 4.27. The molecule has 2 rings (SSSR count). The van der Waals surface area contributed by atoms with Gasteiger partial charge in [0.1, 0.15) is 5.25 Å². The summed E-state index contributed by atoms with van der Waals surface area (Å²) in [5, 5.41) is 21.2. The maximum absolute atomic E-state index is 9.85. The summed E-state index contributed by atoms with van der Waals surface area (Å²) in [6.07, 6.45) is 0.702. The number of thioether (sulfide) groups is 1. The SMILES string of the molecule is CCO/C(O)=C(\[N+]#N)C(CC)Sc1ccc2ccccc2c1. The van der Waals surface area contributed by atoms with Crippen molar-refractivity contribution in [3.05, 3.63) is 59.1 Å². The second-order valence-corrected chi connectivity index (χ2v) is 6.02. The molecule has 5 heteroatoms. The van der Waals surface area contributed by atoms with Gasteiger partial charge in [0.15, 0.2) is 4.98 Å². The number of hydrogen-bond donors (Lipinski definition) is 1. The molecular weight excluding hydrogens is 296 g/mol. The van der Waals surface area contributed by atoms with E-state index in [4.69, 9.17) is 4.74 Å². The monoisotopic (exact) mass is 315 g/mol. The molecule has 0 radical (unpaired) electrons. The first-order chi connectivity index (χ1) is 10.7. The van der Waals surface area contributed by atoms with Crippen LogP contribution >= 0.6 is 11.8 Å². The molecule has 0 saturated heterocycles. The molecule has 4 nitrogen and oxygen atoms in total. The van der Waals surface area contributed by atoms with E-state index in [1.807, 2.05) is 25.1 Å². The number of fused-ring (bicyclic) bond motifs is 1. The number of nitrogens with zero attached hydrogens (tertiary/aromatic N) is 2. The average Bonchev–Trinajstić information content (AvgIpc) is 2.54. The van der Waals surface area contributed by atoms with Crippen molar-refractivity contribution >= 4 is 22.5 Å². The molecule has 1 unspecified atom stereocenters. The molecule has 0 spiro atoms. The molecule has 1 atom stereocenters. The van der Waals surface area contributed by atoms with Crippen molar-refractivity contribution in [2.24, 2.45) is 0 Å². The molecule has 0 aromatic heterocycles. The highest BCUT2D eigenvalue weighted by atomic mass is 32.2. The maximum Gasteiger partial charge on any atom is 0.453 e. The minimum absolute atomic E-state index is 0.169. The van der Waals surface area contributed by atoms with Crippen molar-refractivity contribution in [2.75, 3.05) is 6.61 Å². The standard InChI is InChI=1S/C17H18N2O2S/c1-3-15(16(19-18)17(20)21-4-2)22-14-10-9-12-7-5-6-8-13(12)11-14/h5-11,15H,3-4H2,1-2H3/p+1/b17-16-. The summed E-state index contributed by atoms with van der Waals surface area (Å²) in [5.41, 5.74) is 0.169.